The molecule has 118 valence electrons. The molecule has 5 heteroatoms. The van der Waals surface area contributed by atoms with Crippen molar-refractivity contribution in [2.24, 2.45) is 0 Å². The van der Waals surface area contributed by atoms with Crippen LogP contribution in [0.2, 0.25) is 0 Å². The number of nitrogens with one attached hydrogen (secondary N) is 1. The molecule has 0 saturated carbocycles. The van der Waals surface area contributed by atoms with Gasteiger partial charge < -0.3 is 14.8 Å². The van der Waals surface area contributed by atoms with Crippen molar-refractivity contribution in [3.63, 3.8) is 0 Å². The highest BCUT2D eigenvalue weighted by Gasteiger charge is 2.09. The van der Waals surface area contributed by atoms with Gasteiger partial charge in [-0.3, -0.25) is 0 Å². The fourth-order valence-electron chi connectivity index (χ4n) is 2.18. The van der Waals surface area contributed by atoms with Crippen LogP contribution in [0.4, 0.5) is 4.39 Å². The van der Waals surface area contributed by atoms with Crippen LogP contribution < -0.4 is 14.8 Å². The smallest absolute Gasteiger partial charge is 0.161 e. The highest BCUT2D eigenvalue weighted by Crippen LogP contribution is 2.33. The molecule has 0 unspecified atom stereocenters. The van der Waals surface area contributed by atoms with E-state index in [0.717, 1.165) is 28.6 Å². The molecule has 1 N–H and O–H groups in total. The van der Waals surface area contributed by atoms with Gasteiger partial charge in [0.1, 0.15) is 5.82 Å². The zero-order chi connectivity index (χ0) is 15.9. The summed E-state index contributed by atoms with van der Waals surface area (Å²) < 4.78 is 24.6. The van der Waals surface area contributed by atoms with E-state index >= 15 is 0 Å². The first-order chi connectivity index (χ1) is 10.6. The Morgan fingerprint density at radius 2 is 1.82 bits per heavy atom. The van der Waals surface area contributed by atoms with Gasteiger partial charge in [-0.15, -0.1) is 0 Å². The minimum absolute atomic E-state index is 0.194. The number of halogens is 2. The lowest BCUT2D eigenvalue weighted by atomic mass is 10.1. The second kappa shape index (κ2) is 8.15. The van der Waals surface area contributed by atoms with Gasteiger partial charge in [-0.1, -0.05) is 28.1 Å². The summed E-state index contributed by atoms with van der Waals surface area (Å²) in [6.45, 7) is 1.46. The molecule has 2 aromatic carbocycles. The van der Waals surface area contributed by atoms with Gasteiger partial charge in [-0.2, -0.15) is 0 Å². The lowest BCUT2D eigenvalue weighted by Gasteiger charge is -2.12. The lowest BCUT2D eigenvalue weighted by Crippen LogP contribution is -2.17. The van der Waals surface area contributed by atoms with Crippen LogP contribution in [-0.4, -0.2) is 20.8 Å². The van der Waals surface area contributed by atoms with Crippen LogP contribution in [-0.2, 0) is 13.0 Å². The van der Waals surface area contributed by atoms with Crippen molar-refractivity contribution in [3.8, 4) is 11.5 Å². The van der Waals surface area contributed by atoms with Crippen LogP contribution >= 0.6 is 15.9 Å². The van der Waals surface area contributed by atoms with E-state index in [4.69, 9.17) is 9.47 Å². The fourth-order valence-corrected chi connectivity index (χ4v) is 2.64. The van der Waals surface area contributed by atoms with Gasteiger partial charge >= 0.3 is 0 Å². The predicted molar refractivity (Wildman–Crippen MR) is 89.1 cm³/mol. The molecule has 3 nitrogen and oxygen atoms in total. The number of rotatable bonds is 7. The number of benzene rings is 2. The van der Waals surface area contributed by atoms with Crippen molar-refractivity contribution in [3.05, 3.63) is 57.8 Å². The maximum Gasteiger partial charge on any atom is 0.161 e. The van der Waals surface area contributed by atoms with E-state index in [-0.39, 0.29) is 5.82 Å². The largest absolute Gasteiger partial charge is 0.493 e. The van der Waals surface area contributed by atoms with Gasteiger partial charge in [0.05, 0.1) is 14.2 Å². The SMILES string of the molecule is COc1cc(Br)c(CNCCc2cccc(F)c2)cc1OC. The molecule has 0 spiro atoms. The molecule has 0 aliphatic carbocycles. The second-order valence-electron chi connectivity index (χ2n) is 4.86. The maximum absolute atomic E-state index is 13.1. The zero-order valence-corrected chi connectivity index (χ0v) is 14.2. The predicted octanol–water partition coefficient (Wildman–Crippen LogP) is 3.94. The molecule has 0 aromatic heterocycles. The van der Waals surface area contributed by atoms with Crippen molar-refractivity contribution in [2.75, 3.05) is 20.8 Å². The minimum Gasteiger partial charge on any atom is -0.493 e. The van der Waals surface area contributed by atoms with Gasteiger partial charge in [0, 0.05) is 11.0 Å². The summed E-state index contributed by atoms with van der Waals surface area (Å²) in [5.74, 6) is 1.20. The molecule has 0 amide bonds. The van der Waals surface area contributed by atoms with Crippen molar-refractivity contribution in [1.29, 1.82) is 0 Å². The summed E-state index contributed by atoms with van der Waals surface area (Å²) in [5, 5.41) is 3.35. The van der Waals surface area contributed by atoms with Crippen LogP contribution in [0.15, 0.2) is 40.9 Å². The minimum atomic E-state index is -0.194. The topological polar surface area (TPSA) is 30.5 Å². The summed E-state index contributed by atoms with van der Waals surface area (Å²) in [5.41, 5.74) is 2.07. The first-order valence-electron chi connectivity index (χ1n) is 6.99. The molecule has 0 atom stereocenters. The number of ether oxygens (including phenoxy) is 2. The average molecular weight is 368 g/mol. The third-order valence-electron chi connectivity index (χ3n) is 3.35. The Bertz CT molecular complexity index is 634. The molecular formula is C17H19BrFNO2. The van der Waals surface area contributed by atoms with E-state index in [2.05, 4.69) is 21.2 Å². The quantitative estimate of drug-likeness (QED) is 0.751. The summed E-state index contributed by atoms with van der Waals surface area (Å²) in [6.07, 6.45) is 0.780. The van der Waals surface area contributed by atoms with Crippen molar-refractivity contribution < 1.29 is 13.9 Å². The van der Waals surface area contributed by atoms with Crippen LogP contribution in [0.25, 0.3) is 0 Å². The van der Waals surface area contributed by atoms with E-state index in [0.29, 0.717) is 18.0 Å². The normalized spacial score (nSPS) is 10.5. The Kier molecular flexibility index (Phi) is 6.21. The molecule has 0 saturated heterocycles. The average Bonchev–Trinajstić information content (AvgIpc) is 2.52. The molecule has 22 heavy (non-hydrogen) atoms. The Morgan fingerprint density at radius 3 is 2.50 bits per heavy atom. The van der Waals surface area contributed by atoms with E-state index in [1.807, 2.05) is 18.2 Å². The summed E-state index contributed by atoms with van der Waals surface area (Å²) in [6, 6.07) is 10.5. The lowest BCUT2D eigenvalue weighted by molar-refractivity contribution is 0.354. The van der Waals surface area contributed by atoms with E-state index in [1.54, 1.807) is 26.4 Å². The fraction of sp³-hybridized carbons (Fsp3) is 0.294. The maximum atomic E-state index is 13.1. The van der Waals surface area contributed by atoms with Crippen LogP contribution in [0, 0.1) is 5.82 Å². The standard InChI is InChI=1S/C17H19BrFNO2/c1-21-16-9-13(15(18)10-17(16)22-2)11-20-7-6-12-4-3-5-14(19)8-12/h3-5,8-10,20H,6-7,11H2,1-2H3. The van der Waals surface area contributed by atoms with Crippen LogP contribution in [0.3, 0.4) is 0 Å². The Morgan fingerprint density at radius 1 is 1.09 bits per heavy atom. The van der Waals surface area contributed by atoms with Gasteiger partial charge in [0.15, 0.2) is 11.5 Å². The molecule has 2 aromatic rings. The highest BCUT2D eigenvalue weighted by molar-refractivity contribution is 9.10. The Balaban J connectivity index is 1.91. The number of methoxy groups -OCH3 is 2. The third-order valence-corrected chi connectivity index (χ3v) is 4.09. The molecule has 0 aliphatic heterocycles. The monoisotopic (exact) mass is 367 g/mol. The molecule has 2 rings (SSSR count). The first kappa shape index (κ1) is 16.8. The second-order valence-corrected chi connectivity index (χ2v) is 5.71. The van der Waals surface area contributed by atoms with Gasteiger partial charge in [-0.05, 0) is 48.4 Å². The molecule has 0 heterocycles. The first-order valence-corrected chi connectivity index (χ1v) is 7.79. The number of hydrogen-bond donors (Lipinski definition) is 1. The van der Waals surface area contributed by atoms with Crippen LogP contribution in [0.5, 0.6) is 11.5 Å². The van der Waals surface area contributed by atoms with E-state index in [1.165, 1.54) is 6.07 Å². The third kappa shape index (κ3) is 4.45. The molecule has 0 radical (unpaired) electrons. The summed E-state index contributed by atoms with van der Waals surface area (Å²) in [4.78, 5) is 0. The van der Waals surface area contributed by atoms with Gasteiger partial charge in [0.2, 0.25) is 0 Å². The molecule has 0 fully saturated rings. The Labute approximate surface area is 138 Å². The highest BCUT2D eigenvalue weighted by atomic mass is 79.9. The summed E-state index contributed by atoms with van der Waals surface area (Å²) in [7, 11) is 3.23. The van der Waals surface area contributed by atoms with Crippen molar-refractivity contribution in [2.45, 2.75) is 13.0 Å². The van der Waals surface area contributed by atoms with Crippen molar-refractivity contribution >= 4 is 15.9 Å². The van der Waals surface area contributed by atoms with E-state index in [9.17, 15) is 4.39 Å². The van der Waals surface area contributed by atoms with Crippen LogP contribution in [0.1, 0.15) is 11.1 Å². The number of hydrogen-bond acceptors (Lipinski definition) is 3. The van der Waals surface area contributed by atoms with Gasteiger partial charge in [0.25, 0.3) is 0 Å². The zero-order valence-electron chi connectivity index (χ0n) is 12.7. The van der Waals surface area contributed by atoms with Crippen molar-refractivity contribution in [1.82, 2.24) is 5.32 Å². The summed E-state index contributed by atoms with van der Waals surface area (Å²) >= 11 is 3.53. The molecule has 0 bridgehead atoms. The Hall–Kier alpha value is -1.59. The van der Waals surface area contributed by atoms with Gasteiger partial charge in [-0.25, -0.2) is 4.39 Å². The molecule has 0 aliphatic rings. The molecular weight excluding hydrogens is 349 g/mol. The van der Waals surface area contributed by atoms with E-state index < -0.39 is 0 Å².